The van der Waals surface area contributed by atoms with Gasteiger partial charge < -0.3 is 10.2 Å². The lowest BCUT2D eigenvalue weighted by Crippen LogP contribution is -2.27. The van der Waals surface area contributed by atoms with Gasteiger partial charge in [-0.2, -0.15) is 5.26 Å². The van der Waals surface area contributed by atoms with Crippen LogP contribution < -0.4 is 5.32 Å². The van der Waals surface area contributed by atoms with Crippen molar-refractivity contribution in [3.63, 3.8) is 0 Å². The number of nitrogens with zero attached hydrogens (tertiary/aromatic N) is 3. The highest BCUT2D eigenvalue weighted by Gasteiger charge is 2.16. The first-order chi connectivity index (χ1) is 19.3. The van der Waals surface area contributed by atoms with Crippen LogP contribution in [0.1, 0.15) is 56.2 Å². The average Bonchev–Trinajstić information content (AvgIpc) is 3.00. The van der Waals surface area contributed by atoms with Gasteiger partial charge in [0.25, 0.3) is 0 Å². The molecule has 6 heteroatoms. The first-order valence-electron chi connectivity index (χ1n) is 14.1. The Labute approximate surface area is 245 Å². The maximum Gasteiger partial charge on any atom is 0.123 e. The lowest BCUT2D eigenvalue weighted by Gasteiger charge is -2.27. The van der Waals surface area contributed by atoms with Gasteiger partial charge in [0.1, 0.15) is 5.82 Å². The predicted molar refractivity (Wildman–Crippen MR) is 165 cm³/mol. The van der Waals surface area contributed by atoms with Crippen molar-refractivity contribution in [2.75, 3.05) is 26.2 Å². The predicted octanol–water partition coefficient (Wildman–Crippen LogP) is 7.90. The molecule has 1 aliphatic heterocycles. The van der Waals surface area contributed by atoms with E-state index in [1.54, 1.807) is 18.2 Å². The van der Waals surface area contributed by atoms with Crippen LogP contribution in [0.15, 0.2) is 95.8 Å². The minimum Gasteiger partial charge on any atom is -0.381 e. The van der Waals surface area contributed by atoms with Crippen LogP contribution in [0.2, 0.25) is 0 Å². The SMILES string of the molecule is C=C/C(=C\C(Cl)=C(/C)N1CCCCN(Cc2ccc(C#N)cc2)CCC(C)CC1)C(=C)NCc1ccc(F)cc1. The van der Waals surface area contributed by atoms with Crippen molar-refractivity contribution in [1.29, 1.82) is 5.26 Å². The maximum absolute atomic E-state index is 13.2. The molecule has 0 radical (unpaired) electrons. The summed E-state index contributed by atoms with van der Waals surface area (Å²) in [5, 5.41) is 13.1. The fourth-order valence-corrected chi connectivity index (χ4v) is 5.03. The molecule has 2 aromatic rings. The summed E-state index contributed by atoms with van der Waals surface area (Å²) in [5.74, 6) is 0.355. The van der Waals surface area contributed by atoms with Crippen LogP contribution in [0.3, 0.4) is 0 Å². The Balaban J connectivity index is 1.62. The van der Waals surface area contributed by atoms with E-state index in [1.165, 1.54) is 17.7 Å². The van der Waals surface area contributed by atoms with E-state index in [4.69, 9.17) is 16.9 Å². The Morgan fingerprint density at radius 1 is 1.05 bits per heavy atom. The molecule has 0 amide bonds. The largest absolute Gasteiger partial charge is 0.381 e. The van der Waals surface area contributed by atoms with Gasteiger partial charge in [-0.25, -0.2) is 4.39 Å². The molecule has 0 spiro atoms. The van der Waals surface area contributed by atoms with E-state index in [2.05, 4.69) is 60.3 Å². The molecule has 2 aromatic carbocycles. The molecule has 40 heavy (non-hydrogen) atoms. The molecule has 0 aromatic heterocycles. The van der Waals surface area contributed by atoms with Crippen molar-refractivity contribution < 1.29 is 4.39 Å². The number of allylic oxidation sites excluding steroid dienone is 4. The molecule has 1 unspecified atom stereocenters. The standard InChI is InChI=1S/C34H42ClFN4/c1-5-32(27(3)38-24-30-12-14-33(36)15-13-30)22-34(35)28(4)40-19-7-6-18-39(20-16-26(2)17-21-40)25-31-10-8-29(23-37)9-11-31/h5,8-15,22,26,38H,1,3,6-7,16-21,24-25H2,2,4H3/b32-22+,34-28-. The summed E-state index contributed by atoms with van der Waals surface area (Å²) in [7, 11) is 0. The van der Waals surface area contributed by atoms with Crippen molar-refractivity contribution in [2.45, 2.75) is 52.6 Å². The molecule has 4 nitrogen and oxygen atoms in total. The number of hydrogen-bond donors (Lipinski definition) is 1. The van der Waals surface area contributed by atoms with Gasteiger partial charge in [0, 0.05) is 37.6 Å². The number of nitrogens with one attached hydrogen (secondary N) is 1. The Hall–Kier alpha value is -3.33. The lowest BCUT2D eigenvalue weighted by atomic mass is 10.0. The van der Waals surface area contributed by atoms with Crippen LogP contribution in [-0.4, -0.2) is 36.0 Å². The summed E-state index contributed by atoms with van der Waals surface area (Å²) >= 11 is 6.86. The quantitative estimate of drug-likeness (QED) is 0.316. The van der Waals surface area contributed by atoms with Gasteiger partial charge in [0.2, 0.25) is 0 Å². The smallest absolute Gasteiger partial charge is 0.123 e. The molecule has 0 aliphatic carbocycles. The lowest BCUT2D eigenvalue weighted by molar-refractivity contribution is 0.242. The molecule has 1 saturated heterocycles. The second kappa shape index (κ2) is 16.1. The van der Waals surface area contributed by atoms with Crippen molar-refractivity contribution in [2.24, 2.45) is 5.92 Å². The molecule has 1 N–H and O–H groups in total. The van der Waals surface area contributed by atoms with Crippen LogP contribution in [0, 0.1) is 23.1 Å². The van der Waals surface area contributed by atoms with E-state index in [9.17, 15) is 4.39 Å². The van der Waals surface area contributed by atoms with Gasteiger partial charge in [0.05, 0.1) is 16.7 Å². The van der Waals surface area contributed by atoms with E-state index in [0.717, 1.165) is 80.9 Å². The van der Waals surface area contributed by atoms with Crippen molar-refractivity contribution in [1.82, 2.24) is 15.1 Å². The second-order valence-electron chi connectivity index (χ2n) is 10.7. The van der Waals surface area contributed by atoms with Crippen LogP contribution in [0.25, 0.3) is 0 Å². The zero-order valence-electron chi connectivity index (χ0n) is 23.9. The topological polar surface area (TPSA) is 42.3 Å². The van der Waals surface area contributed by atoms with Crippen molar-refractivity contribution in [3.05, 3.63) is 118 Å². The zero-order valence-corrected chi connectivity index (χ0v) is 24.7. The molecule has 3 rings (SSSR count). The molecular weight excluding hydrogens is 519 g/mol. The molecule has 1 heterocycles. The van der Waals surface area contributed by atoms with Gasteiger partial charge >= 0.3 is 0 Å². The van der Waals surface area contributed by atoms with Crippen LogP contribution in [0.4, 0.5) is 4.39 Å². The highest BCUT2D eigenvalue weighted by Crippen LogP contribution is 2.23. The summed E-state index contributed by atoms with van der Waals surface area (Å²) in [5.41, 5.74) is 5.55. The average molecular weight is 561 g/mol. The molecule has 1 atom stereocenters. The van der Waals surface area contributed by atoms with Crippen LogP contribution in [0.5, 0.6) is 0 Å². The molecule has 1 aliphatic rings. The molecule has 0 bridgehead atoms. The van der Waals surface area contributed by atoms with Crippen molar-refractivity contribution in [3.8, 4) is 6.07 Å². The molecule has 0 saturated carbocycles. The fraction of sp³-hybridized carbons (Fsp3) is 0.382. The monoisotopic (exact) mass is 560 g/mol. The summed E-state index contributed by atoms with van der Waals surface area (Å²) in [6.07, 6.45) is 8.15. The number of rotatable bonds is 9. The van der Waals surface area contributed by atoms with Gasteiger partial charge in [-0.3, -0.25) is 4.90 Å². The van der Waals surface area contributed by atoms with Gasteiger partial charge in [-0.15, -0.1) is 0 Å². The molecular formula is C34H42ClFN4. The summed E-state index contributed by atoms with van der Waals surface area (Å²) in [4.78, 5) is 4.97. The first kappa shape index (κ1) is 31.2. The van der Waals surface area contributed by atoms with Crippen LogP contribution in [-0.2, 0) is 13.1 Å². The second-order valence-corrected chi connectivity index (χ2v) is 11.1. The molecule has 1 fully saturated rings. The number of hydrogen-bond acceptors (Lipinski definition) is 4. The fourth-order valence-electron chi connectivity index (χ4n) is 4.80. The number of nitriles is 1. The Morgan fingerprint density at radius 3 is 2.38 bits per heavy atom. The third kappa shape index (κ3) is 10.0. The Kier molecular flexibility index (Phi) is 12.5. The summed E-state index contributed by atoms with van der Waals surface area (Å²) < 4.78 is 13.2. The molecule has 212 valence electrons. The van der Waals surface area contributed by atoms with Gasteiger partial charge in [-0.05, 0) is 98.7 Å². The third-order valence-corrected chi connectivity index (χ3v) is 7.94. The first-order valence-corrected chi connectivity index (χ1v) is 14.5. The van der Waals surface area contributed by atoms with Gasteiger partial charge in [0.15, 0.2) is 0 Å². The highest BCUT2D eigenvalue weighted by atomic mass is 35.5. The van der Waals surface area contributed by atoms with E-state index in [-0.39, 0.29) is 5.82 Å². The summed E-state index contributed by atoms with van der Waals surface area (Å²) in [6.45, 7) is 18.1. The maximum atomic E-state index is 13.2. The normalized spacial score (nSPS) is 18.2. The Bertz CT molecular complexity index is 1220. The van der Waals surface area contributed by atoms with Crippen LogP contribution >= 0.6 is 11.6 Å². The minimum atomic E-state index is -0.248. The van der Waals surface area contributed by atoms with Gasteiger partial charge in [-0.1, -0.05) is 62.0 Å². The number of benzene rings is 2. The van der Waals surface area contributed by atoms with E-state index >= 15 is 0 Å². The summed E-state index contributed by atoms with van der Waals surface area (Å²) in [6, 6.07) is 16.6. The number of halogens is 2. The highest BCUT2D eigenvalue weighted by molar-refractivity contribution is 6.31. The zero-order chi connectivity index (χ0) is 28.9. The van der Waals surface area contributed by atoms with Crippen molar-refractivity contribution >= 4 is 11.6 Å². The minimum absolute atomic E-state index is 0.248. The van der Waals surface area contributed by atoms with E-state index in [1.807, 2.05) is 18.2 Å². The Morgan fingerprint density at radius 2 is 1.70 bits per heavy atom. The van der Waals surface area contributed by atoms with E-state index < -0.39 is 0 Å². The third-order valence-electron chi connectivity index (χ3n) is 7.56. The van der Waals surface area contributed by atoms with E-state index in [0.29, 0.717) is 23.1 Å².